The van der Waals surface area contributed by atoms with Gasteiger partial charge >= 0.3 is 12.0 Å². The molecule has 100 valence electrons. The van der Waals surface area contributed by atoms with E-state index in [0.717, 1.165) is 5.56 Å². The van der Waals surface area contributed by atoms with Crippen molar-refractivity contribution < 1.29 is 13.9 Å². The first-order valence-corrected chi connectivity index (χ1v) is 5.33. The van der Waals surface area contributed by atoms with Crippen LogP contribution in [0.2, 0.25) is 0 Å². The van der Waals surface area contributed by atoms with Crippen LogP contribution < -0.4 is 20.7 Å². The summed E-state index contributed by atoms with van der Waals surface area (Å²) in [5.74, 6) is 5.18. The van der Waals surface area contributed by atoms with Gasteiger partial charge in [-0.2, -0.15) is 9.97 Å². The Kier molecular flexibility index (Phi) is 3.71. The van der Waals surface area contributed by atoms with E-state index in [-0.39, 0.29) is 18.0 Å². The molecule has 1 aromatic carbocycles. The largest absolute Gasteiger partial charge is 0.467 e. The number of nitrogens with zero attached hydrogens (tertiary/aromatic N) is 3. The SMILES string of the molecule is COc1nc(NN)nc(Oc2cc(F)ccc2C)n1. The summed E-state index contributed by atoms with van der Waals surface area (Å²) in [5.41, 5.74) is 3.00. The summed E-state index contributed by atoms with van der Waals surface area (Å²) >= 11 is 0. The van der Waals surface area contributed by atoms with Crippen molar-refractivity contribution >= 4 is 5.95 Å². The molecule has 7 nitrogen and oxygen atoms in total. The Morgan fingerprint density at radius 2 is 1.95 bits per heavy atom. The highest BCUT2D eigenvalue weighted by atomic mass is 19.1. The average molecular weight is 265 g/mol. The van der Waals surface area contributed by atoms with Crippen molar-refractivity contribution in [1.29, 1.82) is 0 Å². The van der Waals surface area contributed by atoms with Gasteiger partial charge in [-0.05, 0) is 18.6 Å². The van der Waals surface area contributed by atoms with Crippen LogP contribution in [0.3, 0.4) is 0 Å². The number of hydrazine groups is 1. The van der Waals surface area contributed by atoms with Crippen LogP contribution in [0, 0.1) is 12.7 Å². The van der Waals surface area contributed by atoms with Crippen LogP contribution in [-0.2, 0) is 0 Å². The lowest BCUT2D eigenvalue weighted by Crippen LogP contribution is -2.12. The van der Waals surface area contributed by atoms with Crippen LogP contribution in [0.5, 0.6) is 17.8 Å². The maximum Gasteiger partial charge on any atom is 0.330 e. The molecule has 2 rings (SSSR count). The van der Waals surface area contributed by atoms with Gasteiger partial charge in [0.15, 0.2) is 0 Å². The number of nitrogen functional groups attached to an aromatic ring is 1. The second-order valence-corrected chi connectivity index (χ2v) is 3.58. The highest BCUT2D eigenvalue weighted by Gasteiger charge is 2.10. The van der Waals surface area contributed by atoms with Crippen LogP contribution in [0.4, 0.5) is 10.3 Å². The summed E-state index contributed by atoms with van der Waals surface area (Å²) in [4.78, 5) is 11.6. The standard InChI is InChI=1S/C11H12FN5O2/c1-6-3-4-7(12)5-8(6)19-11-15-9(17-13)14-10(16-11)18-2/h3-5H,13H2,1-2H3,(H,14,15,16,17). The molecule has 0 aliphatic rings. The average Bonchev–Trinajstić information content (AvgIpc) is 2.42. The van der Waals surface area contributed by atoms with Crippen molar-refractivity contribution in [3.8, 4) is 17.8 Å². The molecule has 1 aromatic heterocycles. The fourth-order valence-corrected chi connectivity index (χ4v) is 1.32. The highest BCUT2D eigenvalue weighted by molar-refractivity contribution is 5.35. The van der Waals surface area contributed by atoms with Crippen LogP contribution in [0.15, 0.2) is 18.2 Å². The highest BCUT2D eigenvalue weighted by Crippen LogP contribution is 2.24. The minimum absolute atomic E-state index is 0.0343. The molecule has 3 N–H and O–H groups in total. The van der Waals surface area contributed by atoms with Crippen molar-refractivity contribution in [3.63, 3.8) is 0 Å². The third kappa shape index (κ3) is 3.05. The third-order valence-corrected chi connectivity index (χ3v) is 2.26. The van der Waals surface area contributed by atoms with E-state index >= 15 is 0 Å². The number of halogens is 1. The molecule has 0 aliphatic heterocycles. The van der Waals surface area contributed by atoms with Gasteiger partial charge in [0, 0.05) is 6.07 Å². The Morgan fingerprint density at radius 1 is 1.21 bits per heavy atom. The fourth-order valence-electron chi connectivity index (χ4n) is 1.32. The Bertz CT molecular complexity index is 571. The van der Waals surface area contributed by atoms with E-state index in [9.17, 15) is 4.39 Å². The number of hydrogen-bond acceptors (Lipinski definition) is 7. The van der Waals surface area contributed by atoms with E-state index < -0.39 is 5.82 Å². The molecule has 0 amide bonds. The van der Waals surface area contributed by atoms with Crippen molar-refractivity contribution in [2.75, 3.05) is 12.5 Å². The van der Waals surface area contributed by atoms with Crippen molar-refractivity contribution in [2.24, 2.45) is 5.84 Å². The van der Waals surface area contributed by atoms with Gasteiger partial charge in [-0.15, -0.1) is 4.98 Å². The molecule has 0 saturated heterocycles. The van der Waals surface area contributed by atoms with Gasteiger partial charge in [-0.25, -0.2) is 10.2 Å². The molecule has 0 aliphatic carbocycles. The first kappa shape index (κ1) is 13.0. The molecule has 8 heteroatoms. The van der Waals surface area contributed by atoms with Gasteiger partial charge < -0.3 is 9.47 Å². The first-order valence-electron chi connectivity index (χ1n) is 5.33. The molecule has 0 radical (unpaired) electrons. The van der Waals surface area contributed by atoms with Crippen molar-refractivity contribution in [2.45, 2.75) is 6.92 Å². The fraction of sp³-hybridized carbons (Fsp3) is 0.182. The number of nitrogens with two attached hydrogens (primary N) is 1. The normalized spacial score (nSPS) is 10.1. The minimum atomic E-state index is -0.418. The maximum atomic E-state index is 13.2. The van der Waals surface area contributed by atoms with Crippen molar-refractivity contribution in [1.82, 2.24) is 15.0 Å². The quantitative estimate of drug-likeness (QED) is 0.637. The molecular formula is C11H12FN5O2. The van der Waals surface area contributed by atoms with Gasteiger partial charge in [0.05, 0.1) is 7.11 Å². The lowest BCUT2D eigenvalue weighted by Gasteiger charge is -2.08. The number of anilines is 1. The molecule has 0 bridgehead atoms. The summed E-state index contributed by atoms with van der Waals surface area (Å²) in [6.45, 7) is 1.77. The summed E-state index contributed by atoms with van der Waals surface area (Å²) in [6.07, 6.45) is 0. The molecule has 1 heterocycles. The predicted octanol–water partition coefficient (Wildman–Crippen LogP) is 1.41. The van der Waals surface area contributed by atoms with Gasteiger partial charge in [0.25, 0.3) is 0 Å². The van der Waals surface area contributed by atoms with Crippen molar-refractivity contribution in [3.05, 3.63) is 29.6 Å². The lowest BCUT2D eigenvalue weighted by molar-refractivity contribution is 0.359. The zero-order valence-corrected chi connectivity index (χ0v) is 10.3. The number of aromatic nitrogens is 3. The zero-order chi connectivity index (χ0) is 13.8. The van der Waals surface area contributed by atoms with Crippen LogP contribution in [0.25, 0.3) is 0 Å². The summed E-state index contributed by atoms with van der Waals surface area (Å²) in [6, 6.07) is 4.15. The number of nitrogens with one attached hydrogen (secondary N) is 1. The van der Waals surface area contributed by atoms with Crippen LogP contribution >= 0.6 is 0 Å². The summed E-state index contributed by atoms with van der Waals surface area (Å²) in [5, 5.41) is 0. The smallest absolute Gasteiger partial charge is 0.330 e. The van der Waals surface area contributed by atoms with Gasteiger partial charge in [-0.3, -0.25) is 5.43 Å². The maximum absolute atomic E-state index is 13.2. The Labute approximate surface area is 108 Å². The first-order chi connectivity index (χ1) is 9.12. The van der Waals surface area contributed by atoms with E-state index in [1.807, 2.05) is 0 Å². The van der Waals surface area contributed by atoms with E-state index in [0.29, 0.717) is 5.75 Å². The zero-order valence-electron chi connectivity index (χ0n) is 10.3. The molecular weight excluding hydrogens is 253 g/mol. The number of benzene rings is 1. The van der Waals surface area contributed by atoms with Gasteiger partial charge in [-0.1, -0.05) is 6.07 Å². The number of methoxy groups -OCH3 is 1. The number of aryl methyl sites for hydroxylation is 1. The Morgan fingerprint density at radius 3 is 2.63 bits per heavy atom. The monoisotopic (exact) mass is 265 g/mol. The molecule has 0 fully saturated rings. The molecule has 0 saturated carbocycles. The van der Waals surface area contributed by atoms with E-state index in [4.69, 9.17) is 15.3 Å². The van der Waals surface area contributed by atoms with E-state index in [1.165, 1.54) is 19.2 Å². The van der Waals surface area contributed by atoms with Gasteiger partial charge in [0.2, 0.25) is 5.95 Å². The molecule has 0 atom stereocenters. The lowest BCUT2D eigenvalue weighted by atomic mass is 10.2. The molecule has 0 spiro atoms. The van der Waals surface area contributed by atoms with Crippen LogP contribution in [-0.4, -0.2) is 22.1 Å². The van der Waals surface area contributed by atoms with E-state index in [2.05, 4.69) is 20.4 Å². The topological polar surface area (TPSA) is 95.2 Å². The second-order valence-electron chi connectivity index (χ2n) is 3.58. The molecule has 0 unspecified atom stereocenters. The molecule has 2 aromatic rings. The number of hydrogen-bond donors (Lipinski definition) is 2. The predicted molar refractivity (Wildman–Crippen MR) is 65.4 cm³/mol. The third-order valence-electron chi connectivity index (χ3n) is 2.26. The van der Waals surface area contributed by atoms with E-state index in [1.54, 1.807) is 13.0 Å². The minimum Gasteiger partial charge on any atom is -0.467 e. The van der Waals surface area contributed by atoms with Crippen LogP contribution in [0.1, 0.15) is 5.56 Å². The Hall–Kier alpha value is -2.48. The molecule has 19 heavy (non-hydrogen) atoms. The summed E-state index contributed by atoms with van der Waals surface area (Å²) < 4.78 is 23.4. The second kappa shape index (κ2) is 5.44. The summed E-state index contributed by atoms with van der Waals surface area (Å²) in [7, 11) is 1.40. The van der Waals surface area contributed by atoms with Gasteiger partial charge in [0.1, 0.15) is 11.6 Å². The number of rotatable bonds is 4. The Balaban J connectivity index is 2.34. The number of ether oxygens (including phenoxy) is 2.